The number of carbonyl (C=O) groups excluding carboxylic acids is 2. The van der Waals surface area contributed by atoms with Gasteiger partial charge in [0.15, 0.2) is 0 Å². The Kier molecular flexibility index (Phi) is 9.82. The average molecular weight is 429 g/mol. The number of carbonyl (C=O) groups is 2. The maximum Gasteiger partial charge on any atom is 1.00 e. The summed E-state index contributed by atoms with van der Waals surface area (Å²) < 4.78 is 5.92. The van der Waals surface area contributed by atoms with Gasteiger partial charge in [-0.2, -0.15) is 0 Å². The monoisotopic (exact) mass is 429 g/mol. The summed E-state index contributed by atoms with van der Waals surface area (Å²) in [6.45, 7) is 4.03. The van der Waals surface area contributed by atoms with Crippen molar-refractivity contribution in [1.29, 1.82) is 0 Å². The second-order valence-corrected chi connectivity index (χ2v) is 7.95. The van der Waals surface area contributed by atoms with Gasteiger partial charge in [0.05, 0.1) is 11.7 Å². The normalized spacial score (nSPS) is 14.1. The summed E-state index contributed by atoms with van der Waals surface area (Å²) in [4.78, 5) is 23.6. The van der Waals surface area contributed by atoms with Crippen molar-refractivity contribution in [2.75, 3.05) is 0 Å². The molecule has 1 saturated carbocycles. The molecule has 5 nitrogen and oxygen atoms in total. The molecule has 1 fully saturated rings. The van der Waals surface area contributed by atoms with E-state index in [1.165, 1.54) is 18.9 Å². The number of benzene rings is 2. The fourth-order valence-corrected chi connectivity index (χ4v) is 3.75. The average Bonchev–Trinajstić information content (AvgIpc) is 3.24. The standard InChI is InChI=1S/C25H29NO4.Na/c1-17-6-5-9-23(18(17)2)30-21-13-10-20(11-14-21)16-22(25(28)29)26-24(27)15-12-19-7-3-4-8-19;/h5-6,9-11,13-14,16,19H,3-4,7-8,12,15H2,1-2H3,(H,26,27)(H,28,29);/q;+1/p-1/b22-16-;. The summed E-state index contributed by atoms with van der Waals surface area (Å²) >= 11 is 0. The Bertz CT molecular complexity index is 931. The largest absolute Gasteiger partial charge is 1.00 e. The number of carboxylic acid groups (broad SMARTS) is 1. The molecular formula is C25H28NNaO4. The number of rotatable bonds is 8. The fraction of sp³-hybridized carbons (Fsp3) is 0.360. The first-order chi connectivity index (χ1) is 14.4. The maximum absolute atomic E-state index is 12.2. The quantitative estimate of drug-likeness (QED) is 0.507. The van der Waals surface area contributed by atoms with Crippen LogP contribution in [0.2, 0.25) is 0 Å². The molecule has 31 heavy (non-hydrogen) atoms. The van der Waals surface area contributed by atoms with Crippen LogP contribution in [0.3, 0.4) is 0 Å². The molecule has 0 aliphatic heterocycles. The van der Waals surface area contributed by atoms with Gasteiger partial charge >= 0.3 is 29.6 Å². The molecule has 1 N–H and O–H groups in total. The van der Waals surface area contributed by atoms with E-state index < -0.39 is 5.97 Å². The van der Waals surface area contributed by atoms with Crippen molar-refractivity contribution in [2.45, 2.75) is 52.4 Å². The Morgan fingerprint density at radius 2 is 1.77 bits per heavy atom. The van der Waals surface area contributed by atoms with E-state index in [-0.39, 0.29) is 41.2 Å². The smallest absolute Gasteiger partial charge is 0.543 e. The zero-order chi connectivity index (χ0) is 21.5. The van der Waals surface area contributed by atoms with Gasteiger partial charge in [0.1, 0.15) is 11.5 Å². The minimum atomic E-state index is -1.40. The molecular weight excluding hydrogens is 401 g/mol. The summed E-state index contributed by atoms with van der Waals surface area (Å²) in [7, 11) is 0. The van der Waals surface area contributed by atoms with Crippen molar-refractivity contribution in [2.24, 2.45) is 5.92 Å². The summed E-state index contributed by atoms with van der Waals surface area (Å²) in [6.07, 6.45) is 7.30. The van der Waals surface area contributed by atoms with Crippen LogP contribution >= 0.6 is 0 Å². The molecule has 0 saturated heterocycles. The second-order valence-electron chi connectivity index (χ2n) is 7.95. The number of ether oxygens (including phenoxy) is 1. The third-order valence-corrected chi connectivity index (χ3v) is 5.72. The van der Waals surface area contributed by atoms with Crippen LogP contribution in [0.4, 0.5) is 0 Å². The molecule has 0 aromatic heterocycles. The maximum atomic E-state index is 12.2. The van der Waals surface area contributed by atoms with Crippen molar-refractivity contribution < 1.29 is 49.0 Å². The van der Waals surface area contributed by atoms with Gasteiger partial charge in [0.2, 0.25) is 5.91 Å². The van der Waals surface area contributed by atoms with Gasteiger partial charge in [-0.15, -0.1) is 0 Å². The van der Waals surface area contributed by atoms with E-state index >= 15 is 0 Å². The van der Waals surface area contributed by atoms with E-state index in [9.17, 15) is 14.7 Å². The zero-order valence-corrected chi connectivity index (χ0v) is 20.6. The van der Waals surface area contributed by atoms with E-state index in [2.05, 4.69) is 5.32 Å². The Labute approximate surface area is 206 Å². The number of aliphatic carboxylic acids is 1. The Hall–Kier alpha value is -2.08. The number of nitrogens with one attached hydrogen (secondary N) is 1. The van der Waals surface area contributed by atoms with Crippen molar-refractivity contribution in [3.8, 4) is 11.5 Å². The van der Waals surface area contributed by atoms with Gasteiger partial charge in [-0.25, -0.2) is 0 Å². The molecule has 1 amide bonds. The minimum absolute atomic E-state index is 0. The van der Waals surface area contributed by atoms with Crippen LogP contribution in [-0.4, -0.2) is 11.9 Å². The Morgan fingerprint density at radius 3 is 2.42 bits per heavy atom. The molecule has 0 heterocycles. The summed E-state index contributed by atoms with van der Waals surface area (Å²) in [6, 6.07) is 12.9. The van der Waals surface area contributed by atoms with Crippen LogP contribution in [0.1, 0.15) is 55.2 Å². The first kappa shape index (κ1) is 25.2. The van der Waals surface area contributed by atoms with Gasteiger partial charge in [-0.1, -0.05) is 49.9 Å². The second kappa shape index (κ2) is 12.1. The molecule has 1 aliphatic carbocycles. The molecule has 0 unspecified atom stereocenters. The molecule has 158 valence electrons. The fourth-order valence-electron chi connectivity index (χ4n) is 3.75. The van der Waals surface area contributed by atoms with Crippen molar-refractivity contribution in [3.63, 3.8) is 0 Å². The molecule has 2 aromatic rings. The van der Waals surface area contributed by atoms with Crippen LogP contribution in [0, 0.1) is 19.8 Å². The van der Waals surface area contributed by atoms with Gasteiger partial charge in [-0.05, 0) is 67.2 Å². The van der Waals surface area contributed by atoms with Crippen LogP contribution in [-0.2, 0) is 9.59 Å². The van der Waals surface area contributed by atoms with Crippen molar-refractivity contribution >= 4 is 18.0 Å². The summed E-state index contributed by atoms with van der Waals surface area (Å²) in [5, 5.41) is 13.9. The predicted molar refractivity (Wildman–Crippen MR) is 115 cm³/mol. The first-order valence-electron chi connectivity index (χ1n) is 10.5. The molecule has 2 aromatic carbocycles. The zero-order valence-electron chi connectivity index (χ0n) is 18.6. The number of hydrogen-bond acceptors (Lipinski definition) is 4. The van der Waals surface area contributed by atoms with Crippen LogP contribution in [0.5, 0.6) is 11.5 Å². The SMILES string of the molecule is Cc1cccc(Oc2ccc(/C=C(\NC(=O)CCC3CCCC3)C(=O)[O-])cc2)c1C.[Na+]. The molecule has 1 aliphatic rings. The number of hydrogen-bond donors (Lipinski definition) is 1. The summed E-state index contributed by atoms with van der Waals surface area (Å²) in [5.74, 6) is 0.322. The third-order valence-electron chi connectivity index (χ3n) is 5.72. The van der Waals surface area contributed by atoms with Gasteiger partial charge in [0, 0.05) is 6.42 Å². The van der Waals surface area contributed by atoms with E-state index in [4.69, 9.17) is 4.74 Å². The van der Waals surface area contributed by atoms with E-state index in [0.29, 0.717) is 23.7 Å². The molecule has 0 radical (unpaired) electrons. The minimum Gasteiger partial charge on any atom is -0.543 e. The molecule has 3 rings (SSSR count). The number of carboxylic acids is 1. The van der Waals surface area contributed by atoms with Crippen molar-refractivity contribution in [3.05, 3.63) is 64.9 Å². The molecule has 0 atom stereocenters. The topological polar surface area (TPSA) is 78.5 Å². The number of aryl methyl sites for hydroxylation is 1. The van der Waals surface area contributed by atoms with E-state index in [1.54, 1.807) is 24.3 Å². The number of amides is 1. The van der Waals surface area contributed by atoms with E-state index in [0.717, 1.165) is 36.1 Å². The Balaban J connectivity index is 0.00000341. The molecule has 0 spiro atoms. The van der Waals surface area contributed by atoms with E-state index in [1.807, 2.05) is 32.0 Å². The van der Waals surface area contributed by atoms with Crippen LogP contribution < -0.4 is 44.7 Å². The molecule has 0 bridgehead atoms. The van der Waals surface area contributed by atoms with Gasteiger partial charge in [0.25, 0.3) is 0 Å². The first-order valence-corrected chi connectivity index (χ1v) is 10.5. The molecule has 6 heteroatoms. The van der Waals surface area contributed by atoms with Crippen LogP contribution in [0.15, 0.2) is 48.2 Å². The predicted octanol–water partition coefficient (Wildman–Crippen LogP) is 1.28. The Morgan fingerprint density at radius 1 is 1.10 bits per heavy atom. The van der Waals surface area contributed by atoms with Gasteiger partial charge in [-0.3, -0.25) is 4.79 Å². The van der Waals surface area contributed by atoms with Crippen LogP contribution in [0.25, 0.3) is 6.08 Å². The van der Waals surface area contributed by atoms with Gasteiger partial charge < -0.3 is 20.0 Å². The third kappa shape index (κ3) is 7.53. The van der Waals surface area contributed by atoms with Crippen molar-refractivity contribution in [1.82, 2.24) is 5.32 Å². The summed E-state index contributed by atoms with van der Waals surface area (Å²) in [5.41, 5.74) is 2.63.